The van der Waals surface area contributed by atoms with Gasteiger partial charge in [-0.2, -0.15) is 0 Å². The van der Waals surface area contributed by atoms with E-state index >= 15 is 0 Å². The van der Waals surface area contributed by atoms with Crippen molar-refractivity contribution in [1.29, 1.82) is 0 Å². The lowest BCUT2D eigenvalue weighted by Gasteiger charge is -2.37. The molecule has 2 N–H and O–H groups in total. The van der Waals surface area contributed by atoms with Crippen molar-refractivity contribution in [3.8, 4) is 11.5 Å². The SMILES string of the molecule is COc1ccc(C(=O)C(C)(C)C(C)(C)N)c(OC)c1Br. The van der Waals surface area contributed by atoms with Gasteiger partial charge in [0.15, 0.2) is 5.78 Å². The van der Waals surface area contributed by atoms with Gasteiger partial charge in [-0.1, -0.05) is 13.8 Å². The van der Waals surface area contributed by atoms with Crippen molar-refractivity contribution in [3.05, 3.63) is 22.2 Å². The number of Topliss-reactive ketones (excluding diaryl/α,β-unsaturated/α-hetero) is 1. The van der Waals surface area contributed by atoms with E-state index < -0.39 is 11.0 Å². The Morgan fingerprint density at radius 3 is 2.10 bits per heavy atom. The Hall–Kier alpha value is -1.07. The topological polar surface area (TPSA) is 61.5 Å². The van der Waals surface area contributed by atoms with Crippen LogP contribution >= 0.6 is 15.9 Å². The van der Waals surface area contributed by atoms with Gasteiger partial charge >= 0.3 is 0 Å². The van der Waals surface area contributed by atoms with E-state index in [9.17, 15) is 4.79 Å². The number of carbonyl (C=O) groups excluding carboxylic acids is 1. The number of benzene rings is 1. The van der Waals surface area contributed by atoms with E-state index in [4.69, 9.17) is 15.2 Å². The van der Waals surface area contributed by atoms with E-state index in [1.807, 2.05) is 27.7 Å². The highest BCUT2D eigenvalue weighted by molar-refractivity contribution is 9.10. The summed E-state index contributed by atoms with van der Waals surface area (Å²) in [4.78, 5) is 12.8. The Morgan fingerprint density at radius 1 is 1.15 bits per heavy atom. The second-order valence-corrected chi connectivity index (χ2v) is 6.63. The number of methoxy groups -OCH3 is 2. The second kappa shape index (κ2) is 5.74. The molecule has 20 heavy (non-hydrogen) atoms. The maximum Gasteiger partial charge on any atom is 0.174 e. The van der Waals surface area contributed by atoms with Gasteiger partial charge in [0, 0.05) is 11.0 Å². The Morgan fingerprint density at radius 2 is 1.70 bits per heavy atom. The largest absolute Gasteiger partial charge is 0.495 e. The van der Waals surface area contributed by atoms with Crippen molar-refractivity contribution in [2.75, 3.05) is 14.2 Å². The fourth-order valence-electron chi connectivity index (χ4n) is 1.70. The first-order chi connectivity index (χ1) is 9.07. The number of hydrogen-bond acceptors (Lipinski definition) is 4. The van der Waals surface area contributed by atoms with Gasteiger partial charge in [-0.25, -0.2) is 0 Å². The first-order valence-corrected chi connectivity index (χ1v) is 7.11. The monoisotopic (exact) mass is 343 g/mol. The predicted octanol–water partition coefficient (Wildman–Crippen LogP) is 3.41. The normalized spacial score (nSPS) is 12.2. The van der Waals surface area contributed by atoms with Gasteiger partial charge in [0.25, 0.3) is 0 Å². The third-order valence-electron chi connectivity index (χ3n) is 3.91. The van der Waals surface area contributed by atoms with Crippen LogP contribution in [0.4, 0.5) is 0 Å². The maximum absolute atomic E-state index is 12.8. The predicted molar refractivity (Wildman–Crippen MR) is 83.6 cm³/mol. The van der Waals surface area contributed by atoms with E-state index in [0.717, 1.165) is 0 Å². The van der Waals surface area contributed by atoms with Gasteiger partial charge < -0.3 is 15.2 Å². The first-order valence-electron chi connectivity index (χ1n) is 6.32. The van der Waals surface area contributed by atoms with Gasteiger partial charge in [-0.3, -0.25) is 4.79 Å². The second-order valence-electron chi connectivity index (χ2n) is 5.84. The zero-order chi connectivity index (χ0) is 15.7. The zero-order valence-electron chi connectivity index (χ0n) is 12.8. The van der Waals surface area contributed by atoms with Crippen molar-refractivity contribution < 1.29 is 14.3 Å². The first kappa shape index (κ1) is 17.0. The summed E-state index contributed by atoms with van der Waals surface area (Å²) in [5.41, 5.74) is 5.25. The summed E-state index contributed by atoms with van der Waals surface area (Å²) < 4.78 is 11.2. The van der Waals surface area contributed by atoms with Crippen LogP contribution in [0.25, 0.3) is 0 Å². The van der Waals surface area contributed by atoms with E-state index in [0.29, 0.717) is 21.5 Å². The Balaban J connectivity index is 3.41. The molecule has 0 saturated carbocycles. The molecule has 0 radical (unpaired) electrons. The molecule has 1 rings (SSSR count). The van der Waals surface area contributed by atoms with Crippen LogP contribution in [-0.2, 0) is 0 Å². The summed E-state index contributed by atoms with van der Waals surface area (Å²) in [6.45, 7) is 7.37. The molecular formula is C15H22BrNO3. The molecule has 0 aliphatic carbocycles. The average molecular weight is 344 g/mol. The Labute approximate surface area is 128 Å². The molecule has 0 aliphatic rings. The quantitative estimate of drug-likeness (QED) is 0.832. The molecule has 0 fully saturated rings. The van der Waals surface area contributed by atoms with E-state index in [1.165, 1.54) is 7.11 Å². The number of ketones is 1. The molecule has 1 aromatic carbocycles. The molecule has 0 bridgehead atoms. The minimum atomic E-state index is -0.728. The van der Waals surface area contributed by atoms with Crippen LogP contribution in [-0.4, -0.2) is 25.5 Å². The molecule has 0 heterocycles. The lowest BCUT2D eigenvalue weighted by atomic mass is 9.70. The summed E-state index contributed by atoms with van der Waals surface area (Å²) in [5, 5.41) is 0. The number of carbonyl (C=O) groups is 1. The molecule has 4 nitrogen and oxygen atoms in total. The van der Waals surface area contributed by atoms with Crippen LogP contribution in [0.2, 0.25) is 0 Å². The number of rotatable bonds is 5. The smallest absolute Gasteiger partial charge is 0.174 e. The Bertz CT molecular complexity index is 519. The molecule has 112 valence electrons. The Kier molecular flexibility index (Phi) is 4.87. The molecular weight excluding hydrogens is 322 g/mol. The van der Waals surface area contributed by atoms with Gasteiger partial charge in [-0.05, 0) is 41.9 Å². The van der Waals surface area contributed by atoms with Crippen molar-refractivity contribution in [3.63, 3.8) is 0 Å². The highest BCUT2D eigenvalue weighted by Gasteiger charge is 2.42. The molecule has 1 aromatic rings. The van der Waals surface area contributed by atoms with Crippen molar-refractivity contribution in [2.45, 2.75) is 33.2 Å². The van der Waals surface area contributed by atoms with Crippen LogP contribution in [0.3, 0.4) is 0 Å². The van der Waals surface area contributed by atoms with Crippen LogP contribution in [0.1, 0.15) is 38.1 Å². The highest BCUT2D eigenvalue weighted by atomic mass is 79.9. The molecule has 0 saturated heterocycles. The van der Waals surface area contributed by atoms with Crippen LogP contribution < -0.4 is 15.2 Å². The number of hydrogen-bond donors (Lipinski definition) is 1. The third kappa shape index (κ3) is 2.83. The van der Waals surface area contributed by atoms with Crippen LogP contribution in [0.15, 0.2) is 16.6 Å². The average Bonchev–Trinajstić information content (AvgIpc) is 2.36. The molecule has 0 atom stereocenters. The summed E-state index contributed by atoms with van der Waals surface area (Å²) in [6.07, 6.45) is 0. The van der Waals surface area contributed by atoms with E-state index in [2.05, 4.69) is 15.9 Å². The number of nitrogens with two attached hydrogens (primary N) is 1. The fourth-order valence-corrected chi connectivity index (χ4v) is 2.37. The van der Waals surface area contributed by atoms with Gasteiger partial charge in [0.05, 0.1) is 19.8 Å². The van der Waals surface area contributed by atoms with Gasteiger partial charge in [0.2, 0.25) is 0 Å². The van der Waals surface area contributed by atoms with Gasteiger partial charge in [-0.15, -0.1) is 0 Å². The lowest BCUT2D eigenvalue weighted by molar-refractivity contribution is 0.0731. The van der Waals surface area contributed by atoms with E-state index in [-0.39, 0.29) is 5.78 Å². The van der Waals surface area contributed by atoms with Gasteiger partial charge in [0.1, 0.15) is 16.0 Å². The number of ether oxygens (including phenoxy) is 2. The zero-order valence-corrected chi connectivity index (χ0v) is 14.4. The van der Waals surface area contributed by atoms with Crippen molar-refractivity contribution in [2.24, 2.45) is 11.1 Å². The minimum Gasteiger partial charge on any atom is -0.495 e. The van der Waals surface area contributed by atoms with Crippen molar-refractivity contribution in [1.82, 2.24) is 0 Å². The molecule has 0 aromatic heterocycles. The maximum atomic E-state index is 12.8. The minimum absolute atomic E-state index is 0.0646. The summed E-state index contributed by atoms with van der Waals surface area (Å²) in [5.74, 6) is 1.01. The van der Waals surface area contributed by atoms with E-state index in [1.54, 1.807) is 19.2 Å². The third-order valence-corrected chi connectivity index (χ3v) is 4.66. The van der Waals surface area contributed by atoms with Crippen LogP contribution in [0.5, 0.6) is 11.5 Å². The molecule has 5 heteroatoms. The number of halogens is 1. The summed E-state index contributed by atoms with van der Waals surface area (Å²) in [7, 11) is 3.09. The molecule has 0 unspecified atom stereocenters. The van der Waals surface area contributed by atoms with Crippen molar-refractivity contribution >= 4 is 21.7 Å². The molecule has 0 amide bonds. The highest BCUT2D eigenvalue weighted by Crippen LogP contribution is 2.41. The fraction of sp³-hybridized carbons (Fsp3) is 0.533. The lowest BCUT2D eigenvalue weighted by Crippen LogP contribution is -2.51. The summed E-state index contributed by atoms with van der Waals surface area (Å²) in [6, 6.07) is 3.44. The summed E-state index contributed by atoms with van der Waals surface area (Å²) >= 11 is 3.40. The molecule has 0 aliphatic heterocycles. The molecule has 0 spiro atoms. The standard InChI is InChI=1S/C15H22BrNO3/c1-14(2,15(3,4)17)13(18)9-7-8-10(19-5)11(16)12(9)20-6/h7-8H,17H2,1-6H3. The van der Waals surface area contributed by atoms with Crippen LogP contribution in [0, 0.1) is 5.41 Å².